The van der Waals surface area contributed by atoms with Crippen LogP contribution in [0.4, 0.5) is 8.78 Å². The number of amides is 1. The Morgan fingerprint density at radius 3 is 2.80 bits per heavy atom. The molecule has 1 aliphatic rings. The summed E-state index contributed by atoms with van der Waals surface area (Å²) >= 11 is 0. The number of nitrogens with one attached hydrogen (secondary N) is 1. The molecule has 0 spiro atoms. The predicted octanol–water partition coefficient (Wildman–Crippen LogP) is 2.31. The van der Waals surface area contributed by atoms with Gasteiger partial charge in [0, 0.05) is 19.6 Å². The van der Waals surface area contributed by atoms with Crippen molar-refractivity contribution < 1.29 is 13.6 Å². The van der Waals surface area contributed by atoms with Gasteiger partial charge in [0.15, 0.2) is 11.6 Å². The lowest BCUT2D eigenvalue weighted by Gasteiger charge is -2.29. The molecule has 0 unspecified atom stereocenters. The molecule has 1 atom stereocenters. The Bertz CT molecular complexity index is 473. The van der Waals surface area contributed by atoms with Gasteiger partial charge in [-0.25, -0.2) is 8.78 Å². The third-order valence-corrected chi connectivity index (χ3v) is 3.70. The number of carbonyl (C=O) groups excluding carboxylic acids is 1. The zero-order valence-electron chi connectivity index (χ0n) is 11.7. The van der Waals surface area contributed by atoms with E-state index in [4.69, 9.17) is 0 Å². The number of rotatable bonds is 4. The van der Waals surface area contributed by atoms with Crippen LogP contribution < -0.4 is 5.32 Å². The molecule has 5 heteroatoms. The van der Waals surface area contributed by atoms with Crippen LogP contribution in [0.25, 0.3) is 0 Å². The highest BCUT2D eigenvalue weighted by Gasteiger charge is 2.25. The van der Waals surface area contributed by atoms with E-state index >= 15 is 0 Å². The SMILES string of the molecule is CCN(Cc1ccc(F)c(F)c1)C(=O)[C@H]1CCCNC1. The molecular formula is C15H20F2N2O. The molecule has 1 aromatic rings. The molecule has 2 rings (SSSR count). The molecule has 0 bridgehead atoms. The van der Waals surface area contributed by atoms with Crippen LogP contribution in [0.5, 0.6) is 0 Å². The average molecular weight is 282 g/mol. The molecule has 1 saturated heterocycles. The van der Waals surface area contributed by atoms with E-state index in [-0.39, 0.29) is 11.8 Å². The van der Waals surface area contributed by atoms with Crippen LogP contribution in [0.15, 0.2) is 18.2 Å². The molecular weight excluding hydrogens is 262 g/mol. The maximum Gasteiger partial charge on any atom is 0.227 e. The maximum atomic E-state index is 13.2. The van der Waals surface area contributed by atoms with E-state index in [0.29, 0.717) is 25.2 Å². The van der Waals surface area contributed by atoms with Crippen LogP contribution in [0.1, 0.15) is 25.3 Å². The Hall–Kier alpha value is -1.49. The van der Waals surface area contributed by atoms with E-state index in [1.54, 1.807) is 4.90 Å². The van der Waals surface area contributed by atoms with Crippen molar-refractivity contribution in [2.75, 3.05) is 19.6 Å². The standard InChI is InChI=1S/C15H20F2N2O/c1-2-19(15(20)12-4-3-7-18-9-12)10-11-5-6-13(16)14(17)8-11/h5-6,8,12,18H,2-4,7,9-10H2,1H3/t12-/m0/s1. The lowest BCUT2D eigenvalue weighted by molar-refractivity contribution is -0.136. The fraction of sp³-hybridized carbons (Fsp3) is 0.533. The molecule has 3 nitrogen and oxygen atoms in total. The van der Waals surface area contributed by atoms with Crippen LogP contribution in [0.2, 0.25) is 0 Å². The smallest absolute Gasteiger partial charge is 0.227 e. The minimum atomic E-state index is -0.870. The fourth-order valence-corrected chi connectivity index (χ4v) is 2.52. The molecule has 0 aliphatic carbocycles. The predicted molar refractivity (Wildman–Crippen MR) is 73.0 cm³/mol. The minimum Gasteiger partial charge on any atom is -0.338 e. The highest BCUT2D eigenvalue weighted by atomic mass is 19.2. The summed E-state index contributed by atoms with van der Waals surface area (Å²) in [6.07, 6.45) is 1.89. The molecule has 1 N–H and O–H groups in total. The van der Waals surface area contributed by atoms with E-state index in [0.717, 1.165) is 31.5 Å². The molecule has 0 saturated carbocycles. The Morgan fingerprint density at radius 1 is 1.40 bits per heavy atom. The molecule has 1 aliphatic heterocycles. The van der Waals surface area contributed by atoms with Crippen molar-refractivity contribution in [2.24, 2.45) is 5.92 Å². The Balaban J connectivity index is 2.03. The second kappa shape index (κ2) is 6.79. The van der Waals surface area contributed by atoms with Gasteiger partial charge < -0.3 is 10.2 Å². The second-order valence-electron chi connectivity index (χ2n) is 5.14. The Labute approximate surface area is 118 Å². The first-order valence-electron chi connectivity index (χ1n) is 7.05. The number of nitrogens with zero attached hydrogens (tertiary/aromatic N) is 1. The number of carbonyl (C=O) groups is 1. The van der Waals surface area contributed by atoms with E-state index in [1.807, 2.05) is 6.92 Å². The zero-order chi connectivity index (χ0) is 14.5. The Kier molecular flexibility index (Phi) is 5.06. The molecule has 1 fully saturated rings. The van der Waals surface area contributed by atoms with Gasteiger partial charge in [0.25, 0.3) is 0 Å². The highest BCUT2D eigenvalue weighted by Crippen LogP contribution is 2.16. The van der Waals surface area contributed by atoms with Gasteiger partial charge >= 0.3 is 0 Å². The lowest BCUT2D eigenvalue weighted by Crippen LogP contribution is -2.42. The van der Waals surface area contributed by atoms with Crippen LogP contribution in [-0.2, 0) is 11.3 Å². The van der Waals surface area contributed by atoms with Crippen molar-refractivity contribution in [3.8, 4) is 0 Å². The molecule has 110 valence electrons. The monoisotopic (exact) mass is 282 g/mol. The number of benzene rings is 1. The van der Waals surface area contributed by atoms with Crippen LogP contribution in [-0.4, -0.2) is 30.4 Å². The number of halogens is 2. The molecule has 0 aromatic heterocycles. The fourth-order valence-electron chi connectivity index (χ4n) is 2.52. The Morgan fingerprint density at radius 2 is 2.20 bits per heavy atom. The number of hydrogen-bond donors (Lipinski definition) is 1. The molecule has 1 heterocycles. The third kappa shape index (κ3) is 3.54. The molecule has 1 amide bonds. The normalized spacial score (nSPS) is 18.9. The van der Waals surface area contributed by atoms with Gasteiger partial charge in [0.1, 0.15) is 0 Å². The van der Waals surface area contributed by atoms with Crippen molar-refractivity contribution in [2.45, 2.75) is 26.3 Å². The van der Waals surface area contributed by atoms with Crippen molar-refractivity contribution >= 4 is 5.91 Å². The van der Waals surface area contributed by atoms with E-state index in [9.17, 15) is 13.6 Å². The summed E-state index contributed by atoms with van der Waals surface area (Å²) in [6, 6.07) is 3.78. The van der Waals surface area contributed by atoms with E-state index in [2.05, 4.69) is 5.32 Å². The van der Waals surface area contributed by atoms with Crippen molar-refractivity contribution in [3.63, 3.8) is 0 Å². The van der Waals surface area contributed by atoms with Gasteiger partial charge in [-0.2, -0.15) is 0 Å². The average Bonchev–Trinajstić information content (AvgIpc) is 2.48. The van der Waals surface area contributed by atoms with Crippen molar-refractivity contribution in [3.05, 3.63) is 35.4 Å². The topological polar surface area (TPSA) is 32.3 Å². The minimum absolute atomic E-state index is 0.00556. The lowest BCUT2D eigenvalue weighted by atomic mass is 9.98. The van der Waals surface area contributed by atoms with Crippen LogP contribution in [0, 0.1) is 17.6 Å². The zero-order valence-corrected chi connectivity index (χ0v) is 11.7. The van der Waals surface area contributed by atoms with Gasteiger partial charge in [0.2, 0.25) is 5.91 Å². The number of piperidine rings is 1. The first-order valence-corrected chi connectivity index (χ1v) is 7.05. The second-order valence-corrected chi connectivity index (χ2v) is 5.14. The number of hydrogen-bond acceptors (Lipinski definition) is 2. The molecule has 0 radical (unpaired) electrons. The summed E-state index contributed by atoms with van der Waals surface area (Å²) in [5.74, 6) is -1.65. The van der Waals surface area contributed by atoms with E-state index in [1.165, 1.54) is 6.07 Å². The third-order valence-electron chi connectivity index (χ3n) is 3.70. The molecule has 1 aromatic carbocycles. The van der Waals surface area contributed by atoms with Crippen molar-refractivity contribution in [1.82, 2.24) is 10.2 Å². The summed E-state index contributed by atoms with van der Waals surface area (Å²) in [4.78, 5) is 14.1. The highest BCUT2D eigenvalue weighted by molar-refractivity contribution is 5.79. The van der Waals surface area contributed by atoms with Crippen LogP contribution >= 0.6 is 0 Å². The summed E-state index contributed by atoms with van der Waals surface area (Å²) in [6.45, 7) is 4.44. The van der Waals surface area contributed by atoms with Gasteiger partial charge in [-0.1, -0.05) is 6.07 Å². The summed E-state index contributed by atoms with van der Waals surface area (Å²) in [7, 11) is 0. The summed E-state index contributed by atoms with van der Waals surface area (Å²) < 4.78 is 26.1. The van der Waals surface area contributed by atoms with Gasteiger partial charge in [-0.3, -0.25) is 4.79 Å². The van der Waals surface area contributed by atoms with Gasteiger partial charge in [-0.05, 0) is 44.0 Å². The van der Waals surface area contributed by atoms with Gasteiger partial charge in [-0.15, -0.1) is 0 Å². The first kappa shape index (κ1) is 14.9. The largest absolute Gasteiger partial charge is 0.338 e. The quantitative estimate of drug-likeness (QED) is 0.919. The summed E-state index contributed by atoms with van der Waals surface area (Å²) in [5.41, 5.74) is 0.614. The summed E-state index contributed by atoms with van der Waals surface area (Å²) in [5, 5.41) is 3.22. The van der Waals surface area contributed by atoms with Crippen molar-refractivity contribution in [1.29, 1.82) is 0 Å². The van der Waals surface area contributed by atoms with E-state index < -0.39 is 11.6 Å². The first-order chi connectivity index (χ1) is 9.61. The maximum absolute atomic E-state index is 13.2. The molecule has 20 heavy (non-hydrogen) atoms. The van der Waals surface area contributed by atoms with Crippen LogP contribution in [0.3, 0.4) is 0 Å². The van der Waals surface area contributed by atoms with Gasteiger partial charge in [0.05, 0.1) is 5.92 Å².